The Balaban J connectivity index is 2.45. The Bertz CT molecular complexity index is 195. The van der Waals surface area contributed by atoms with Crippen molar-refractivity contribution in [3.05, 3.63) is 0 Å². The zero-order valence-electron chi connectivity index (χ0n) is 9.79. The number of carbonyl (C=O) groups is 1. The quantitative estimate of drug-likeness (QED) is 0.671. The molecule has 1 rings (SSSR count). The van der Waals surface area contributed by atoms with E-state index in [1.165, 1.54) is 0 Å². The number of hydrogen-bond acceptors (Lipinski definition) is 3. The Morgan fingerprint density at radius 2 is 1.57 bits per heavy atom. The fourth-order valence-electron chi connectivity index (χ4n) is 1.87. The van der Waals surface area contributed by atoms with Gasteiger partial charge in [0, 0.05) is 32.1 Å². The van der Waals surface area contributed by atoms with Crippen LogP contribution in [0, 0.1) is 5.92 Å². The summed E-state index contributed by atoms with van der Waals surface area (Å²) in [6, 6.07) is 0.101. The molecule has 0 radical (unpaired) electrons. The van der Waals surface area contributed by atoms with Crippen molar-refractivity contribution in [1.82, 2.24) is 9.80 Å². The minimum atomic E-state index is 0.101. The van der Waals surface area contributed by atoms with Crippen LogP contribution >= 0.6 is 0 Å². The topological polar surface area (TPSA) is 23.6 Å². The van der Waals surface area contributed by atoms with E-state index in [0.717, 1.165) is 26.2 Å². The van der Waals surface area contributed by atoms with Gasteiger partial charge >= 0.3 is 0 Å². The summed E-state index contributed by atoms with van der Waals surface area (Å²) in [5.41, 5.74) is 0. The molecule has 0 bridgehead atoms. The first-order valence-electron chi connectivity index (χ1n) is 5.48. The van der Waals surface area contributed by atoms with Crippen molar-refractivity contribution < 1.29 is 4.79 Å². The van der Waals surface area contributed by atoms with Gasteiger partial charge < -0.3 is 4.90 Å². The number of piperazine rings is 1. The summed E-state index contributed by atoms with van der Waals surface area (Å²) in [6.45, 7) is 10.2. The molecular weight excluding hydrogens is 176 g/mol. The molecular formula is C11H22N2O. The van der Waals surface area contributed by atoms with E-state index < -0.39 is 0 Å². The van der Waals surface area contributed by atoms with Gasteiger partial charge in [-0.2, -0.15) is 0 Å². The molecule has 0 aromatic heterocycles. The third kappa shape index (κ3) is 2.79. The van der Waals surface area contributed by atoms with Gasteiger partial charge in [0.25, 0.3) is 0 Å². The van der Waals surface area contributed by atoms with Crippen molar-refractivity contribution in [2.24, 2.45) is 5.92 Å². The Labute approximate surface area is 87.1 Å². The van der Waals surface area contributed by atoms with Gasteiger partial charge in [-0.1, -0.05) is 13.8 Å². The van der Waals surface area contributed by atoms with E-state index in [-0.39, 0.29) is 12.0 Å². The molecule has 0 amide bonds. The largest absolute Gasteiger partial charge is 0.304 e. The van der Waals surface area contributed by atoms with Crippen molar-refractivity contribution in [3.8, 4) is 0 Å². The molecule has 1 saturated heterocycles. The molecule has 1 aliphatic rings. The van der Waals surface area contributed by atoms with Crippen LogP contribution in [-0.2, 0) is 4.79 Å². The molecule has 0 N–H and O–H groups in total. The van der Waals surface area contributed by atoms with E-state index in [4.69, 9.17) is 0 Å². The highest BCUT2D eigenvalue weighted by molar-refractivity contribution is 5.85. The van der Waals surface area contributed by atoms with E-state index in [9.17, 15) is 4.79 Å². The number of carbonyl (C=O) groups excluding carboxylic acids is 1. The molecule has 1 aliphatic heterocycles. The monoisotopic (exact) mass is 198 g/mol. The average molecular weight is 198 g/mol. The second-order valence-electron chi connectivity index (χ2n) is 4.57. The van der Waals surface area contributed by atoms with Gasteiger partial charge in [-0.05, 0) is 14.0 Å². The van der Waals surface area contributed by atoms with Gasteiger partial charge in [0.1, 0.15) is 0 Å². The second kappa shape index (κ2) is 4.89. The van der Waals surface area contributed by atoms with Crippen molar-refractivity contribution in [1.29, 1.82) is 0 Å². The van der Waals surface area contributed by atoms with Crippen LogP contribution in [0.15, 0.2) is 0 Å². The van der Waals surface area contributed by atoms with Crippen LogP contribution in [-0.4, -0.2) is 54.9 Å². The lowest BCUT2D eigenvalue weighted by molar-refractivity contribution is -0.127. The molecule has 0 saturated carbocycles. The minimum absolute atomic E-state index is 0.101. The second-order valence-corrected chi connectivity index (χ2v) is 4.57. The highest BCUT2D eigenvalue weighted by Crippen LogP contribution is 2.09. The molecule has 1 fully saturated rings. The molecule has 0 aromatic carbocycles. The summed E-state index contributed by atoms with van der Waals surface area (Å²) in [5, 5.41) is 0. The lowest BCUT2D eigenvalue weighted by Crippen LogP contribution is -2.51. The van der Waals surface area contributed by atoms with Crippen LogP contribution in [0.2, 0.25) is 0 Å². The zero-order chi connectivity index (χ0) is 10.7. The standard InChI is InChI=1S/C11H22N2O/c1-9(2)11(14)10(3)13-7-5-12(4)6-8-13/h9-10H,5-8H2,1-4H3. The van der Waals surface area contributed by atoms with E-state index >= 15 is 0 Å². The zero-order valence-corrected chi connectivity index (χ0v) is 9.79. The summed E-state index contributed by atoms with van der Waals surface area (Å²) in [7, 11) is 2.13. The molecule has 0 aliphatic carbocycles. The smallest absolute Gasteiger partial charge is 0.152 e. The first kappa shape index (κ1) is 11.7. The fraction of sp³-hybridized carbons (Fsp3) is 0.909. The number of ketones is 1. The van der Waals surface area contributed by atoms with Gasteiger partial charge in [0.05, 0.1) is 6.04 Å². The molecule has 0 spiro atoms. The number of Topliss-reactive ketones (excluding diaryl/α,β-unsaturated/α-hetero) is 1. The average Bonchev–Trinajstić information content (AvgIpc) is 2.16. The van der Waals surface area contributed by atoms with Gasteiger partial charge in [-0.3, -0.25) is 9.69 Å². The predicted molar refractivity (Wildman–Crippen MR) is 58.4 cm³/mol. The fourth-order valence-corrected chi connectivity index (χ4v) is 1.87. The van der Waals surface area contributed by atoms with Crippen LogP contribution in [0.25, 0.3) is 0 Å². The lowest BCUT2D eigenvalue weighted by atomic mass is 10.0. The highest BCUT2D eigenvalue weighted by atomic mass is 16.1. The molecule has 1 unspecified atom stereocenters. The van der Waals surface area contributed by atoms with Crippen LogP contribution in [0.3, 0.4) is 0 Å². The Morgan fingerprint density at radius 3 is 2.00 bits per heavy atom. The first-order chi connectivity index (χ1) is 6.52. The minimum Gasteiger partial charge on any atom is -0.304 e. The Hall–Kier alpha value is -0.410. The highest BCUT2D eigenvalue weighted by Gasteiger charge is 2.25. The van der Waals surface area contributed by atoms with Gasteiger partial charge in [0.2, 0.25) is 0 Å². The Kier molecular flexibility index (Phi) is 4.08. The lowest BCUT2D eigenvalue weighted by Gasteiger charge is -2.36. The predicted octanol–water partition coefficient (Wildman–Crippen LogP) is 0.847. The molecule has 0 aromatic rings. The van der Waals surface area contributed by atoms with E-state index in [0.29, 0.717) is 5.78 Å². The van der Waals surface area contributed by atoms with Crippen molar-refractivity contribution in [3.63, 3.8) is 0 Å². The molecule has 1 atom stereocenters. The van der Waals surface area contributed by atoms with E-state index in [1.54, 1.807) is 0 Å². The summed E-state index contributed by atoms with van der Waals surface area (Å²) >= 11 is 0. The van der Waals surface area contributed by atoms with E-state index in [1.807, 2.05) is 20.8 Å². The normalized spacial score (nSPS) is 22.6. The van der Waals surface area contributed by atoms with Gasteiger partial charge in [-0.25, -0.2) is 0 Å². The van der Waals surface area contributed by atoms with Crippen LogP contribution < -0.4 is 0 Å². The van der Waals surface area contributed by atoms with Crippen LogP contribution in [0.5, 0.6) is 0 Å². The molecule has 14 heavy (non-hydrogen) atoms. The molecule has 82 valence electrons. The number of nitrogens with zero attached hydrogens (tertiary/aromatic N) is 2. The van der Waals surface area contributed by atoms with Gasteiger partial charge in [0.15, 0.2) is 5.78 Å². The summed E-state index contributed by atoms with van der Waals surface area (Å²) in [6.07, 6.45) is 0. The maximum atomic E-state index is 11.8. The molecule has 1 heterocycles. The van der Waals surface area contributed by atoms with Crippen molar-refractivity contribution >= 4 is 5.78 Å². The SMILES string of the molecule is CC(C)C(=O)C(C)N1CCN(C)CC1. The number of hydrogen-bond donors (Lipinski definition) is 0. The number of likely N-dealkylation sites (N-methyl/N-ethyl adjacent to an activating group) is 1. The Morgan fingerprint density at radius 1 is 1.07 bits per heavy atom. The van der Waals surface area contributed by atoms with E-state index in [2.05, 4.69) is 16.8 Å². The summed E-state index contributed by atoms with van der Waals surface area (Å²) in [5.74, 6) is 0.527. The van der Waals surface area contributed by atoms with Gasteiger partial charge in [-0.15, -0.1) is 0 Å². The third-order valence-corrected chi connectivity index (χ3v) is 3.07. The molecule has 3 nitrogen and oxygen atoms in total. The van der Waals surface area contributed by atoms with Crippen molar-refractivity contribution in [2.45, 2.75) is 26.8 Å². The maximum absolute atomic E-state index is 11.8. The molecule has 3 heteroatoms. The summed E-state index contributed by atoms with van der Waals surface area (Å²) < 4.78 is 0. The first-order valence-corrected chi connectivity index (χ1v) is 5.48. The third-order valence-electron chi connectivity index (χ3n) is 3.07. The summed E-state index contributed by atoms with van der Waals surface area (Å²) in [4.78, 5) is 16.4. The van der Waals surface area contributed by atoms with Crippen LogP contribution in [0.4, 0.5) is 0 Å². The number of rotatable bonds is 3. The van der Waals surface area contributed by atoms with Crippen molar-refractivity contribution in [2.75, 3.05) is 33.2 Å². The van der Waals surface area contributed by atoms with Crippen LogP contribution in [0.1, 0.15) is 20.8 Å². The maximum Gasteiger partial charge on any atom is 0.152 e.